The molecule has 0 spiro atoms. The number of hydrogen-bond acceptors (Lipinski definition) is 1. The second kappa shape index (κ2) is 2.37. The summed E-state index contributed by atoms with van der Waals surface area (Å²) in [5, 5.41) is 0. The van der Waals surface area contributed by atoms with Gasteiger partial charge in [-0.1, -0.05) is 0 Å². The van der Waals surface area contributed by atoms with E-state index < -0.39 is 0 Å². The lowest BCUT2D eigenvalue weighted by Gasteiger charge is -1.90. The topological polar surface area (TPSA) is 37.3 Å². The number of pyridine rings is 1. The molecule has 2 aromatic rings. The molecule has 0 atom stereocenters. The van der Waals surface area contributed by atoms with Crippen molar-refractivity contribution in [1.82, 2.24) is 9.38 Å². The summed E-state index contributed by atoms with van der Waals surface area (Å²) < 4.78 is 2.99. The highest BCUT2D eigenvalue weighted by Crippen LogP contribution is 2.05. The molecule has 2 aromatic heterocycles. The molecule has 2 rings (SSSR count). The Morgan fingerprint density at radius 2 is 2.36 bits per heavy atom. The van der Waals surface area contributed by atoms with Crippen LogP contribution in [-0.4, -0.2) is 9.38 Å². The Morgan fingerprint density at radius 3 is 3.18 bits per heavy atom. The third kappa shape index (κ3) is 1.07. The maximum Gasteiger partial charge on any atom is 0.183 e. The van der Waals surface area contributed by atoms with E-state index >= 15 is 0 Å². The van der Waals surface area contributed by atoms with Crippen LogP contribution in [0.15, 0.2) is 29.3 Å². The van der Waals surface area contributed by atoms with Crippen molar-refractivity contribution in [2.45, 2.75) is 0 Å². The summed E-state index contributed by atoms with van der Waals surface area (Å²) in [5.41, 5.74) is 0.866. The van der Waals surface area contributed by atoms with Gasteiger partial charge in [-0.15, -0.1) is 0 Å². The molecule has 0 amide bonds. The molecule has 4 heteroatoms. The number of rotatable bonds is 0. The maximum absolute atomic E-state index is 10.9. The second-order valence-electron chi connectivity index (χ2n) is 2.23. The van der Waals surface area contributed by atoms with Crippen LogP contribution in [0.2, 0.25) is 0 Å². The lowest BCUT2D eigenvalue weighted by atomic mass is 10.5. The zero-order valence-electron chi connectivity index (χ0n) is 5.54. The quantitative estimate of drug-likeness (QED) is 0.711. The minimum atomic E-state index is 0.0308. The number of H-pyrrole nitrogens is 1. The predicted molar refractivity (Wildman–Crippen MR) is 50.7 cm³/mol. The van der Waals surface area contributed by atoms with E-state index in [-0.39, 0.29) is 5.43 Å². The molecule has 0 radical (unpaired) electrons. The number of aromatic nitrogens is 2. The van der Waals surface area contributed by atoms with Gasteiger partial charge >= 0.3 is 0 Å². The van der Waals surface area contributed by atoms with E-state index in [0.717, 1.165) is 9.35 Å². The van der Waals surface area contributed by atoms with Crippen LogP contribution in [0.25, 0.3) is 5.65 Å². The van der Waals surface area contributed by atoms with Gasteiger partial charge in [0.25, 0.3) is 0 Å². The molecule has 0 bridgehead atoms. The lowest BCUT2D eigenvalue weighted by molar-refractivity contribution is 1.14. The first-order chi connectivity index (χ1) is 5.27. The highest BCUT2D eigenvalue weighted by molar-refractivity contribution is 14.1. The Bertz CT molecular complexity index is 443. The van der Waals surface area contributed by atoms with Crippen LogP contribution >= 0.6 is 22.6 Å². The molecule has 0 aliphatic rings. The monoisotopic (exact) mass is 260 g/mol. The summed E-state index contributed by atoms with van der Waals surface area (Å²) in [5.74, 6) is 0. The van der Waals surface area contributed by atoms with E-state index in [9.17, 15) is 4.79 Å². The fourth-order valence-electron chi connectivity index (χ4n) is 0.981. The van der Waals surface area contributed by atoms with Gasteiger partial charge < -0.3 is 4.98 Å². The molecule has 0 fully saturated rings. The normalized spacial score (nSPS) is 10.6. The molecule has 0 aliphatic carbocycles. The molecule has 11 heavy (non-hydrogen) atoms. The van der Waals surface area contributed by atoms with Gasteiger partial charge in [0.05, 0.1) is 0 Å². The van der Waals surface area contributed by atoms with Crippen molar-refractivity contribution >= 4 is 28.2 Å². The number of imidazole rings is 1. The fraction of sp³-hybridized carbons (Fsp3) is 0. The Kier molecular flexibility index (Phi) is 1.49. The summed E-state index contributed by atoms with van der Waals surface area (Å²) in [6.45, 7) is 0. The van der Waals surface area contributed by atoms with Gasteiger partial charge in [-0.2, -0.15) is 0 Å². The van der Waals surface area contributed by atoms with Crippen LogP contribution in [0.1, 0.15) is 0 Å². The van der Waals surface area contributed by atoms with Crippen LogP contribution in [-0.2, 0) is 0 Å². The minimum Gasteiger partial charge on any atom is -0.345 e. The summed E-state index contributed by atoms with van der Waals surface area (Å²) in [7, 11) is 0. The molecular weight excluding hydrogens is 255 g/mol. The first-order valence-electron chi connectivity index (χ1n) is 3.13. The number of nitrogens with zero attached hydrogens (tertiary/aromatic N) is 1. The largest absolute Gasteiger partial charge is 0.345 e. The van der Waals surface area contributed by atoms with Crippen molar-refractivity contribution in [2.24, 2.45) is 0 Å². The molecule has 2 heterocycles. The highest BCUT2D eigenvalue weighted by atomic mass is 127. The fourth-order valence-corrected chi connectivity index (χ4v) is 1.56. The van der Waals surface area contributed by atoms with Crippen LogP contribution in [0, 0.1) is 3.70 Å². The van der Waals surface area contributed by atoms with E-state index in [4.69, 9.17) is 0 Å². The van der Waals surface area contributed by atoms with Gasteiger partial charge in [0.15, 0.2) is 5.43 Å². The standard InChI is InChI=1S/C7H5IN2O/c8-6-4-9-7-3-5(11)1-2-10(6)7/h1-4,9H. The maximum atomic E-state index is 10.9. The molecule has 1 N–H and O–H groups in total. The van der Waals surface area contributed by atoms with Crippen LogP contribution < -0.4 is 5.43 Å². The van der Waals surface area contributed by atoms with Crippen LogP contribution in [0.3, 0.4) is 0 Å². The lowest BCUT2D eigenvalue weighted by Crippen LogP contribution is -1.98. The Hall–Kier alpha value is -0.780. The van der Waals surface area contributed by atoms with Crippen molar-refractivity contribution < 1.29 is 0 Å². The molecule has 0 aromatic carbocycles. The van der Waals surface area contributed by atoms with Crippen molar-refractivity contribution in [1.29, 1.82) is 0 Å². The summed E-state index contributed by atoms with van der Waals surface area (Å²) in [6, 6.07) is 3.12. The summed E-state index contributed by atoms with van der Waals surface area (Å²) in [6.07, 6.45) is 3.62. The van der Waals surface area contributed by atoms with E-state index in [1.807, 2.05) is 10.6 Å². The predicted octanol–water partition coefficient (Wildman–Crippen LogP) is 1.23. The van der Waals surface area contributed by atoms with Gasteiger partial charge in [-0.25, -0.2) is 0 Å². The Labute approximate surface area is 76.2 Å². The highest BCUT2D eigenvalue weighted by Gasteiger charge is 1.96. The smallest absolute Gasteiger partial charge is 0.183 e. The van der Waals surface area contributed by atoms with Crippen LogP contribution in [0.4, 0.5) is 0 Å². The molecule has 0 unspecified atom stereocenters. The average Bonchev–Trinajstić information content (AvgIpc) is 2.32. The first kappa shape index (κ1) is 6.90. The third-order valence-electron chi connectivity index (χ3n) is 1.50. The van der Waals surface area contributed by atoms with Gasteiger partial charge in [0.2, 0.25) is 0 Å². The number of hydrogen-bond donors (Lipinski definition) is 1. The van der Waals surface area contributed by atoms with Gasteiger partial charge in [0.1, 0.15) is 9.35 Å². The van der Waals surface area contributed by atoms with E-state index in [2.05, 4.69) is 27.6 Å². The molecule has 0 saturated heterocycles. The van der Waals surface area contributed by atoms with Crippen molar-refractivity contribution in [3.63, 3.8) is 0 Å². The molecule has 3 nitrogen and oxygen atoms in total. The number of aromatic amines is 1. The van der Waals surface area contributed by atoms with Gasteiger partial charge in [-0.3, -0.25) is 9.20 Å². The number of nitrogens with one attached hydrogen (secondary N) is 1. The Morgan fingerprint density at radius 1 is 1.55 bits per heavy atom. The SMILES string of the molecule is O=c1ccn2c(I)c[nH]c2c1. The van der Waals surface area contributed by atoms with Gasteiger partial charge in [0, 0.05) is 24.5 Å². The van der Waals surface area contributed by atoms with E-state index in [0.29, 0.717) is 0 Å². The Balaban J connectivity index is 2.96. The minimum absolute atomic E-state index is 0.0308. The van der Waals surface area contributed by atoms with Crippen molar-refractivity contribution in [2.75, 3.05) is 0 Å². The number of halogens is 1. The average molecular weight is 260 g/mol. The van der Waals surface area contributed by atoms with Crippen molar-refractivity contribution in [3.8, 4) is 0 Å². The molecule has 0 saturated carbocycles. The zero-order valence-corrected chi connectivity index (χ0v) is 7.70. The van der Waals surface area contributed by atoms with Crippen LogP contribution in [0.5, 0.6) is 0 Å². The molecule has 56 valence electrons. The summed E-state index contributed by atoms with van der Waals surface area (Å²) >= 11 is 2.19. The number of fused-ring (bicyclic) bond motifs is 1. The zero-order chi connectivity index (χ0) is 7.84. The molecular formula is C7H5IN2O. The molecule has 0 aliphatic heterocycles. The van der Waals surface area contributed by atoms with E-state index in [1.54, 1.807) is 18.3 Å². The van der Waals surface area contributed by atoms with E-state index in [1.165, 1.54) is 0 Å². The van der Waals surface area contributed by atoms with Crippen molar-refractivity contribution in [3.05, 3.63) is 38.5 Å². The first-order valence-corrected chi connectivity index (χ1v) is 4.20. The third-order valence-corrected chi connectivity index (χ3v) is 2.33. The van der Waals surface area contributed by atoms with Gasteiger partial charge in [-0.05, 0) is 22.6 Å². The second-order valence-corrected chi connectivity index (χ2v) is 3.33. The summed E-state index contributed by atoms with van der Waals surface area (Å²) in [4.78, 5) is 13.8.